The molecule has 2 N–H and O–H groups in total. The summed E-state index contributed by atoms with van der Waals surface area (Å²) in [6.07, 6.45) is 4.67. The SMILES string of the molecule is CN=C(NCCc1nccn1Cc1ccccc1)NCc1nc(C)c(C)o1. The normalized spacial score (nSPS) is 11.6. The Balaban J connectivity index is 1.48. The van der Waals surface area contributed by atoms with Crippen LogP contribution < -0.4 is 10.6 Å². The summed E-state index contributed by atoms with van der Waals surface area (Å²) in [5.41, 5.74) is 2.18. The van der Waals surface area contributed by atoms with E-state index in [1.54, 1.807) is 7.05 Å². The number of aromatic nitrogens is 3. The zero-order valence-corrected chi connectivity index (χ0v) is 16.1. The molecule has 0 unspecified atom stereocenters. The predicted octanol–water partition coefficient (Wildman–Crippen LogP) is 2.44. The lowest BCUT2D eigenvalue weighted by Gasteiger charge is -2.12. The van der Waals surface area contributed by atoms with Crippen molar-refractivity contribution in [2.75, 3.05) is 13.6 Å². The Hall–Kier alpha value is -3.09. The minimum Gasteiger partial charge on any atom is -0.444 e. The van der Waals surface area contributed by atoms with E-state index in [2.05, 4.69) is 54.4 Å². The van der Waals surface area contributed by atoms with E-state index in [0.717, 1.165) is 36.8 Å². The van der Waals surface area contributed by atoms with Crippen LogP contribution >= 0.6 is 0 Å². The summed E-state index contributed by atoms with van der Waals surface area (Å²) in [6.45, 7) is 5.90. The highest BCUT2D eigenvalue weighted by molar-refractivity contribution is 5.79. The van der Waals surface area contributed by atoms with Gasteiger partial charge in [-0.2, -0.15) is 0 Å². The molecule has 0 fully saturated rings. The highest BCUT2D eigenvalue weighted by Crippen LogP contribution is 2.08. The van der Waals surface area contributed by atoms with Gasteiger partial charge in [0.05, 0.1) is 12.2 Å². The Labute approximate surface area is 159 Å². The van der Waals surface area contributed by atoms with E-state index in [0.29, 0.717) is 18.4 Å². The molecule has 0 saturated carbocycles. The van der Waals surface area contributed by atoms with Crippen molar-refractivity contribution in [2.24, 2.45) is 4.99 Å². The smallest absolute Gasteiger partial charge is 0.214 e. The lowest BCUT2D eigenvalue weighted by atomic mass is 10.2. The van der Waals surface area contributed by atoms with Crippen LogP contribution in [0.4, 0.5) is 0 Å². The number of benzene rings is 1. The van der Waals surface area contributed by atoms with Crippen molar-refractivity contribution >= 4 is 5.96 Å². The fourth-order valence-corrected chi connectivity index (χ4v) is 2.78. The van der Waals surface area contributed by atoms with E-state index >= 15 is 0 Å². The van der Waals surface area contributed by atoms with Crippen LogP contribution in [0.25, 0.3) is 0 Å². The average molecular weight is 366 g/mol. The first-order chi connectivity index (χ1) is 13.2. The van der Waals surface area contributed by atoms with E-state index in [4.69, 9.17) is 4.42 Å². The second-order valence-electron chi connectivity index (χ2n) is 6.31. The quantitative estimate of drug-likeness (QED) is 0.496. The van der Waals surface area contributed by atoms with E-state index in [9.17, 15) is 0 Å². The molecule has 0 saturated heterocycles. The molecule has 2 heterocycles. The fourth-order valence-electron chi connectivity index (χ4n) is 2.78. The molecule has 3 aromatic rings. The summed E-state index contributed by atoms with van der Waals surface area (Å²) in [7, 11) is 1.75. The van der Waals surface area contributed by atoms with Crippen LogP contribution in [0.5, 0.6) is 0 Å². The van der Waals surface area contributed by atoms with Crippen molar-refractivity contribution < 1.29 is 4.42 Å². The Morgan fingerprint density at radius 1 is 1.19 bits per heavy atom. The molecule has 3 rings (SSSR count). The van der Waals surface area contributed by atoms with Gasteiger partial charge in [-0.1, -0.05) is 30.3 Å². The van der Waals surface area contributed by atoms with Crippen LogP contribution in [0.1, 0.15) is 28.7 Å². The summed E-state index contributed by atoms with van der Waals surface area (Å²) < 4.78 is 7.75. The van der Waals surface area contributed by atoms with Crippen molar-refractivity contribution in [3.63, 3.8) is 0 Å². The molecule has 1 aromatic carbocycles. The molecule has 0 aliphatic heterocycles. The molecule has 0 aliphatic rings. The summed E-state index contributed by atoms with van der Waals surface area (Å²) in [5, 5.41) is 6.52. The van der Waals surface area contributed by atoms with Gasteiger partial charge in [-0.15, -0.1) is 0 Å². The van der Waals surface area contributed by atoms with Crippen molar-refractivity contribution in [1.29, 1.82) is 0 Å². The molecular weight excluding hydrogens is 340 g/mol. The largest absolute Gasteiger partial charge is 0.444 e. The molecule has 0 atom stereocenters. The number of hydrogen-bond acceptors (Lipinski definition) is 4. The molecule has 27 heavy (non-hydrogen) atoms. The third kappa shape index (κ3) is 5.20. The van der Waals surface area contributed by atoms with Crippen LogP contribution in [0, 0.1) is 13.8 Å². The Kier molecular flexibility index (Phi) is 6.25. The Morgan fingerprint density at radius 2 is 2.00 bits per heavy atom. The van der Waals surface area contributed by atoms with Gasteiger partial charge in [0.2, 0.25) is 5.89 Å². The van der Waals surface area contributed by atoms with Gasteiger partial charge < -0.3 is 19.6 Å². The van der Waals surface area contributed by atoms with Crippen molar-refractivity contribution in [2.45, 2.75) is 33.4 Å². The number of hydrogen-bond donors (Lipinski definition) is 2. The zero-order valence-electron chi connectivity index (χ0n) is 16.1. The minimum absolute atomic E-state index is 0.497. The maximum Gasteiger partial charge on any atom is 0.214 e. The number of oxazole rings is 1. The monoisotopic (exact) mass is 366 g/mol. The van der Waals surface area contributed by atoms with E-state index in [1.165, 1.54) is 5.56 Å². The van der Waals surface area contributed by atoms with Gasteiger partial charge in [-0.05, 0) is 19.4 Å². The van der Waals surface area contributed by atoms with Crippen LogP contribution in [0.2, 0.25) is 0 Å². The third-order valence-corrected chi connectivity index (χ3v) is 4.34. The van der Waals surface area contributed by atoms with Gasteiger partial charge in [-0.25, -0.2) is 9.97 Å². The standard InChI is InChI=1S/C20H26N6O/c1-15-16(2)27-19(25-15)13-24-20(21-3)23-10-9-18-22-11-12-26(18)14-17-7-5-4-6-8-17/h4-8,11-12H,9-10,13-14H2,1-3H3,(H2,21,23,24). The van der Waals surface area contributed by atoms with Crippen molar-refractivity contribution in [3.05, 3.63) is 71.5 Å². The van der Waals surface area contributed by atoms with E-state index in [1.807, 2.05) is 32.3 Å². The molecule has 2 aromatic heterocycles. The number of rotatable bonds is 7. The van der Waals surface area contributed by atoms with Crippen LogP contribution in [0.15, 0.2) is 52.1 Å². The average Bonchev–Trinajstić information content (AvgIpc) is 3.25. The number of aryl methyl sites for hydroxylation is 2. The van der Waals surface area contributed by atoms with Crippen LogP contribution in [0.3, 0.4) is 0 Å². The van der Waals surface area contributed by atoms with Gasteiger partial charge in [0.15, 0.2) is 5.96 Å². The van der Waals surface area contributed by atoms with E-state index < -0.39 is 0 Å². The molecule has 0 spiro atoms. The summed E-state index contributed by atoms with van der Waals surface area (Å²) >= 11 is 0. The second kappa shape index (κ2) is 9.02. The summed E-state index contributed by atoms with van der Waals surface area (Å²) in [6, 6.07) is 10.4. The molecular formula is C20H26N6O. The molecule has 0 radical (unpaired) electrons. The number of guanidine groups is 1. The summed E-state index contributed by atoms with van der Waals surface area (Å²) in [4.78, 5) is 13.1. The number of imidazole rings is 1. The van der Waals surface area contributed by atoms with Crippen molar-refractivity contribution in [3.8, 4) is 0 Å². The van der Waals surface area contributed by atoms with Crippen LogP contribution in [-0.4, -0.2) is 34.1 Å². The maximum absolute atomic E-state index is 5.58. The second-order valence-corrected chi connectivity index (χ2v) is 6.31. The zero-order chi connectivity index (χ0) is 19.1. The first-order valence-corrected chi connectivity index (χ1v) is 9.07. The number of nitrogens with zero attached hydrogens (tertiary/aromatic N) is 4. The van der Waals surface area contributed by atoms with Gasteiger partial charge in [0, 0.05) is 39.0 Å². The first kappa shape index (κ1) is 18.7. The van der Waals surface area contributed by atoms with E-state index in [-0.39, 0.29) is 0 Å². The maximum atomic E-state index is 5.58. The lowest BCUT2D eigenvalue weighted by molar-refractivity contribution is 0.463. The highest BCUT2D eigenvalue weighted by atomic mass is 16.4. The van der Waals surface area contributed by atoms with Crippen LogP contribution in [-0.2, 0) is 19.5 Å². The first-order valence-electron chi connectivity index (χ1n) is 9.07. The Bertz CT molecular complexity index is 862. The lowest BCUT2D eigenvalue weighted by Crippen LogP contribution is -2.38. The number of aliphatic imine (C=N–C) groups is 1. The Morgan fingerprint density at radius 3 is 2.70 bits per heavy atom. The molecule has 0 bridgehead atoms. The molecule has 0 aliphatic carbocycles. The summed E-state index contributed by atoms with van der Waals surface area (Å²) in [5.74, 6) is 3.26. The molecule has 142 valence electrons. The van der Waals surface area contributed by atoms with Gasteiger partial charge in [-0.3, -0.25) is 4.99 Å². The molecule has 7 nitrogen and oxygen atoms in total. The third-order valence-electron chi connectivity index (χ3n) is 4.34. The molecule has 7 heteroatoms. The number of nitrogens with one attached hydrogen (secondary N) is 2. The van der Waals surface area contributed by atoms with Crippen molar-refractivity contribution in [1.82, 2.24) is 25.2 Å². The minimum atomic E-state index is 0.497. The topological polar surface area (TPSA) is 80.3 Å². The predicted molar refractivity (Wildman–Crippen MR) is 106 cm³/mol. The van der Waals surface area contributed by atoms with Gasteiger partial charge in [0.25, 0.3) is 0 Å². The fraction of sp³-hybridized carbons (Fsp3) is 0.350. The van der Waals surface area contributed by atoms with Gasteiger partial charge in [0.1, 0.15) is 11.6 Å². The highest BCUT2D eigenvalue weighted by Gasteiger charge is 2.07. The van der Waals surface area contributed by atoms with Gasteiger partial charge >= 0.3 is 0 Å². The molecule has 0 amide bonds.